The SMILES string of the molecule is CC(C)CN1CCC(=O)N[C@H](CCc2ccccc2)C1=O. The summed E-state index contributed by atoms with van der Waals surface area (Å²) in [6, 6.07) is 9.68. The average molecular weight is 288 g/mol. The van der Waals surface area contributed by atoms with Crippen LogP contribution in [0.4, 0.5) is 0 Å². The van der Waals surface area contributed by atoms with E-state index in [1.807, 2.05) is 23.1 Å². The van der Waals surface area contributed by atoms with Gasteiger partial charge < -0.3 is 10.2 Å². The molecule has 2 amide bonds. The van der Waals surface area contributed by atoms with E-state index in [-0.39, 0.29) is 17.9 Å². The number of carbonyl (C=O) groups is 2. The lowest BCUT2D eigenvalue weighted by atomic mass is 10.0. The molecule has 0 bridgehead atoms. The van der Waals surface area contributed by atoms with Crippen LogP contribution in [0.1, 0.15) is 32.3 Å². The molecule has 0 aromatic heterocycles. The molecule has 4 nitrogen and oxygen atoms in total. The van der Waals surface area contributed by atoms with Crippen molar-refractivity contribution in [2.75, 3.05) is 13.1 Å². The van der Waals surface area contributed by atoms with Gasteiger partial charge >= 0.3 is 0 Å². The lowest BCUT2D eigenvalue weighted by Crippen LogP contribution is -2.45. The van der Waals surface area contributed by atoms with Crippen LogP contribution in [-0.4, -0.2) is 35.8 Å². The molecule has 1 aromatic carbocycles. The predicted octanol–water partition coefficient (Wildman–Crippen LogP) is 1.99. The largest absolute Gasteiger partial charge is 0.344 e. The Labute approximate surface area is 126 Å². The maximum absolute atomic E-state index is 12.6. The Kier molecular flexibility index (Phi) is 5.37. The van der Waals surface area contributed by atoms with Gasteiger partial charge in [-0.15, -0.1) is 0 Å². The van der Waals surface area contributed by atoms with Gasteiger partial charge in [0.15, 0.2) is 0 Å². The normalized spacial score (nSPS) is 19.6. The second-order valence-corrected chi connectivity index (χ2v) is 6.07. The molecule has 2 rings (SSSR count). The van der Waals surface area contributed by atoms with Crippen molar-refractivity contribution in [1.82, 2.24) is 10.2 Å². The molecule has 1 fully saturated rings. The van der Waals surface area contributed by atoms with E-state index in [1.165, 1.54) is 5.56 Å². The first-order chi connectivity index (χ1) is 10.1. The lowest BCUT2D eigenvalue weighted by Gasteiger charge is -2.25. The number of hydrogen-bond donors (Lipinski definition) is 1. The van der Waals surface area contributed by atoms with E-state index in [9.17, 15) is 9.59 Å². The van der Waals surface area contributed by atoms with E-state index in [0.717, 1.165) is 13.0 Å². The van der Waals surface area contributed by atoms with Gasteiger partial charge in [0, 0.05) is 19.5 Å². The molecule has 0 saturated carbocycles. The van der Waals surface area contributed by atoms with Crippen molar-refractivity contribution in [2.24, 2.45) is 5.92 Å². The molecule has 1 aromatic rings. The van der Waals surface area contributed by atoms with Crippen LogP contribution >= 0.6 is 0 Å². The van der Waals surface area contributed by atoms with Crippen molar-refractivity contribution >= 4 is 11.8 Å². The van der Waals surface area contributed by atoms with Crippen LogP contribution in [0.25, 0.3) is 0 Å². The Morgan fingerprint density at radius 2 is 1.95 bits per heavy atom. The predicted molar refractivity (Wildman–Crippen MR) is 82.7 cm³/mol. The fourth-order valence-electron chi connectivity index (χ4n) is 2.67. The first-order valence-electron chi connectivity index (χ1n) is 7.68. The lowest BCUT2D eigenvalue weighted by molar-refractivity contribution is -0.134. The average Bonchev–Trinajstić information content (AvgIpc) is 2.59. The molecule has 4 heteroatoms. The van der Waals surface area contributed by atoms with Crippen LogP contribution < -0.4 is 5.32 Å². The second-order valence-electron chi connectivity index (χ2n) is 6.07. The summed E-state index contributed by atoms with van der Waals surface area (Å²) in [5, 5.41) is 2.87. The van der Waals surface area contributed by atoms with Crippen LogP contribution in [0.15, 0.2) is 30.3 Å². The number of nitrogens with one attached hydrogen (secondary N) is 1. The zero-order chi connectivity index (χ0) is 15.2. The third-order valence-electron chi connectivity index (χ3n) is 3.70. The Bertz CT molecular complexity index is 485. The van der Waals surface area contributed by atoms with Crippen molar-refractivity contribution in [1.29, 1.82) is 0 Å². The molecule has 1 aliphatic heterocycles. The van der Waals surface area contributed by atoms with E-state index in [2.05, 4.69) is 31.3 Å². The Balaban J connectivity index is 2.01. The van der Waals surface area contributed by atoms with Gasteiger partial charge in [0.25, 0.3) is 0 Å². The second kappa shape index (κ2) is 7.25. The summed E-state index contributed by atoms with van der Waals surface area (Å²) in [6.07, 6.45) is 1.86. The number of benzene rings is 1. The minimum absolute atomic E-state index is 0.0207. The number of aryl methyl sites for hydroxylation is 1. The molecule has 1 atom stereocenters. The molecular weight excluding hydrogens is 264 g/mol. The molecule has 0 aliphatic carbocycles. The van der Waals surface area contributed by atoms with Gasteiger partial charge in [-0.25, -0.2) is 0 Å². The van der Waals surface area contributed by atoms with Crippen molar-refractivity contribution in [3.8, 4) is 0 Å². The Hall–Kier alpha value is -1.84. The van der Waals surface area contributed by atoms with Gasteiger partial charge in [-0.1, -0.05) is 44.2 Å². The zero-order valence-electron chi connectivity index (χ0n) is 12.8. The highest BCUT2D eigenvalue weighted by Crippen LogP contribution is 2.12. The summed E-state index contributed by atoms with van der Waals surface area (Å²) in [5.74, 6) is 0.454. The minimum atomic E-state index is -0.390. The van der Waals surface area contributed by atoms with Crippen molar-refractivity contribution < 1.29 is 9.59 Å². The standard InChI is InChI=1S/C17H24N2O2/c1-13(2)12-19-11-10-16(20)18-15(17(19)21)9-8-14-6-4-3-5-7-14/h3-7,13,15H,8-12H2,1-2H3,(H,18,20)/t15-/m1/s1. The van der Waals surface area contributed by atoms with Gasteiger partial charge in [0.2, 0.25) is 11.8 Å². The Morgan fingerprint density at radius 1 is 1.24 bits per heavy atom. The van der Waals surface area contributed by atoms with E-state index < -0.39 is 0 Å². The number of hydrogen-bond acceptors (Lipinski definition) is 2. The first kappa shape index (κ1) is 15.5. The van der Waals surface area contributed by atoms with Gasteiger partial charge in [0.05, 0.1) is 0 Å². The highest BCUT2D eigenvalue weighted by atomic mass is 16.2. The molecule has 114 valence electrons. The highest BCUT2D eigenvalue weighted by Gasteiger charge is 2.29. The van der Waals surface area contributed by atoms with E-state index in [1.54, 1.807) is 0 Å². The van der Waals surface area contributed by atoms with Gasteiger partial charge in [-0.2, -0.15) is 0 Å². The first-order valence-corrected chi connectivity index (χ1v) is 7.68. The summed E-state index contributed by atoms with van der Waals surface area (Å²) >= 11 is 0. The topological polar surface area (TPSA) is 49.4 Å². The van der Waals surface area contributed by atoms with Crippen molar-refractivity contribution in [3.05, 3.63) is 35.9 Å². The monoisotopic (exact) mass is 288 g/mol. The molecule has 1 aliphatic rings. The molecule has 1 N–H and O–H groups in total. The third kappa shape index (κ3) is 4.59. The zero-order valence-corrected chi connectivity index (χ0v) is 12.8. The van der Waals surface area contributed by atoms with E-state index in [4.69, 9.17) is 0 Å². The third-order valence-corrected chi connectivity index (χ3v) is 3.70. The smallest absolute Gasteiger partial charge is 0.245 e. The maximum Gasteiger partial charge on any atom is 0.245 e. The van der Waals surface area contributed by atoms with Crippen LogP contribution in [-0.2, 0) is 16.0 Å². The van der Waals surface area contributed by atoms with Crippen LogP contribution in [0.3, 0.4) is 0 Å². The summed E-state index contributed by atoms with van der Waals surface area (Å²) in [5.41, 5.74) is 1.19. The Morgan fingerprint density at radius 3 is 2.62 bits per heavy atom. The van der Waals surface area contributed by atoms with Crippen LogP contribution in [0, 0.1) is 5.92 Å². The number of amides is 2. The van der Waals surface area contributed by atoms with Gasteiger partial charge in [-0.05, 0) is 24.3 Å². The summed E-state index contributed by atoms with van der Waals surface area (Å²) in [4.78, 5) is 26.2. The maximum atomic E-state index is 12.6. The summed E-state index contributed by atoms with van der Waals surface area (Å²) < 4.78 is 0. The van der Waals surface area contributed by atoms with E-state index in [0.29, 0.717) is 25.3 Å². The number of carbonyl (C=O) groups excluding carboxylic acids is 2. The van der Waals surface area contributed by atoms with Crippen molar-refractivity contribution in [2.45, 2.75) is 39.2 Å². The van der Waals surface area contributed by atoms with Crippen LogP contribution in [0.2, 0.25) is 0 Å². The molecule has 0 unspecified atom stereocenters. The molecule has 21 heavy (non-hydrogen) atoms. The van der Waals surface area contributed by atoms with Gasteiger partial charge in [-0.3, -0.25) is 9.59 Å². The molecule has 1 saturated heterocycles. The quantitative estimate of drug-likeness (QED) is 0.901. The number of nitrogens with zero attached hydrogens (tertiary/aromatic N) is 1. The summed E-state index contributed by atoms with van der Waals surface area (Å²) in [6.45, 7) is 5.43. The highest BCUT2D eigenvalue weighted by molar-refractivity contribution is 5.89. The fourth-order valence-corrected chi connectivity index (χ4v) is 2.67. The molecule has 0 radical (unpaired) electrons. The van der Waals surface area contributed by atoms with Gasteiger partial charge in [0.1, 0.15) is 6.04 Å². The summed E-state index contributed by atoms with van der Waals surface area (Å²) in [7, 11) is 0. The van der Waals surface area contributed by atoms with Crippen LogP contribution in [0.5, 0.6) is 0 Å². The molecular formula is C17H24N2O2. The van der Waals surface area contributed by atoms with Crippen molar-refractivity contribution in [3.63, 3.8) is 0 Å². The molecule has 1 heterocycles. The number of rotatable bonds is 5. The fraction of sp³-hybridized carbons (Fsp3) is 0.529. The minimum Gasteiger partial charge on any atom is -0.344 e. The molecule has 0 spiro atoms. The van der Waals surface area contributed by atoms with E-state index >= 15 is 0 Å².